The molecule has 0 amide bonds. The lowest BCUT2D eigenvalue weighted by Crippen LogP contribution is -2.30. The smallest absolute Gasteiger partial charge is 0.306 e. The minimum atomic E-state index is -0.791. The Morgan fingerprint density at radius 2 is 0.561 bits per heavy atom. The summed E-state index contributed by atoms with van der Waals surface area (Å²) < 4.78 is 16.8. The number of rotatable bonds is 52. The van der Waals surface area contributed by atoms with Gasteiger partial charge in [-0.15, -0.1) is 0 Å². The highest BCUT2D eigenvalue weighted by Crippen LogP contribution is 2.16. The third-order valence-electron chi connectivity index (χ3n) is 12.6. The molecule has 0 N–H and O–H groups in total. The van der Waals surface area contributed by atoms with E-state index in [4.69, 9.17) is 14.2 Å². The van der Waals surface area contributed by atoms with Gasteiger partial charge in [0.15, 0.2) is 6.10 Å². The number of ether oxygens (including phenoxy) is 3. The van der Waals surface area contributed by atoms with Gasteiger partial charge in [-0.3, -0.25) is 14.4 Å². The number of esters is 3. The fourth-order valence-corrected chi connectivity index (χ4v) is 8.22. The molecule has 0 aliphatic carbocycles. The maximum absolute atomic E-state index is 12.8. The Balaban J connectivity index is 4.40. The molecule has 0 spiro atoms. The van der Waals surface area contributed by atoms with Gasteiger partial charge in [0.1, 0.15) is 13.2 Å². The predicted octanol–water partition coefficient (Wildman–Crippen LogP) is 19.0. The molecule has 0 fully saturated rings. The monoisotopic (exact) mass is 925 g/mol. The molecule has 0 heterocycles. The second-order valence-corrected chi connectivity index (χ2v) is 19.2. The van der Waals surface area contributed by atoms with Gasteiger partial charge >= 0.3 is 17.9 Å². The van der Waals surface area contributed by atoms with E-state index >= 15 is 0 Å². The summed E-state index contributed by atoms with van der Waals surface area (Å²) in [5.41, 5.74) is 0. The van der Waals surface area contributed by atoms with Crippen molar-refractivity contribution in [3.05, 3.63) is 48.6 Å². The second kappa shape index (κ2) is 55.0. The lowest BCUT2D eigenvalue weighted by molar-refractivity contribution is -0.167. The summed E-state index contributed by atoms with van der Waals surface area (Å²) in [6.07, 6.45) is 66.8. The van der Waals surface area contributed by atoms with E-state index in [9.17, 15) is 14.4 Å². The molecule has 0 rings (SSSR count). The number of hydrogen-bond acceptors (Lipinski definition) is 6. The molecule has 0 aliphatic heterocycles. The molecule has 0 bridgehead atoms. The van der Waals surface area contributed by atoms with Crippen LogP contribution < -0.4 is 0 Å². The van der Waals surface area contributed by atoms with Crippen molar-refractivity contribution in [1.82, 2.24) is 0 Å². The van der Waals surface area contributed by atoms with Crippen LogP contribution in [0.1, 0.15) is 297 Å². The molecule has 0 aromatic carbocycles. The summed E-state index contributed by atoms with van der Waals surface area (Å²) in [7, 11) is 0. The van der Waals surface area contributed by atoms with Gasteiger partial charge in [-0.2, -0.15) is 0 Å². The van der Waals surface area contributed by atoms with E-state index in [1.165, 1.54) is 193 Å². The first-order valence-corrected chi connectivity index (χ1v) is 28.6. The summed E-state index contributed by atoms with van der Waals surface area (Å²) >= 11 is 0. The third-order valence-corrected chi connectivity index (χ3v) is 12.6. The Hall–Kier alpha value is -2.63. The van der Waals surface area contributed by atoms with Crippen molar-refractivity contribution in [2.24, 2.45) is 0 Å². The number of carbonyl (C=O) groups excluding carboxylic acids is 3. The van der Waals surface area contributed by atoms with Crippen molar-refractivity contribution >= 4 is 17.9 Å². The van der Waals surface area contributed by atoms with Crippen molar-refractivity contribution < 1.29 is 28.6 Å². The van der Waals surface area contributed by atoms with Crippen LogP contribution in [0, 0.1) is 0 Å². The molecule has 0 aliphatic rings. The Morgan fingerprint density at radius 3 is 0.924 bits per heavy atom. The normalized spacial score (nSPS) is 12.3. The Kier molecular flexibility index (Phi) is 52.8. The van der Waals surface area contributed by atoms with Crippen molar-refractivity contribution in [2.75, 3.05) is 13.2 Å². The number of carbonyl (C=O) groups is 3. The Morgan fingerprint density at radius 1 is 0.303 bits per heavy atom. The van der Waals surface area contributed by atoms with Gasteiger partial charge in [0.2, 0.25) is 0 Å². The summed E-state index contributed by atoms with van der Waals surface area (Å²) in [6.45, 7) is 6.61. The van der Waals surface area contributed by atoms with Crippen LogP contribution in [0.3, 0.4) is 0 Å². The van der Waals surface area contributed by atoms with Gasteiger partial charge in [-0.1, -0.05) is 249 Å². The summed E-state index contributed by atoms with van der Waals surface area (Å²) in [4.78, 5) is 38.1. The van der Waals surface area contributed by atoms with Crippen LogP contribution in [-0.2, 0) is 28.6 Å². The highest BCUT2D eigenvalue weighted by molar-refractivity contribution is 5.71. The Labute approximate surface area is 409 Å². The molecule has 0 unspecified atom stereocenters. The lowest BCUT2D eigenvalue weighted by atomic mass is 10.0. The summed E-state index contributed by atoms with van der Waals surface area (Å²) in [6, 6.07) is 0. The van der Waals surface area contributed by atoms with E-state index < -0.39 is 6.10 Å². The highest BCUT2D eigenvalue weighted by Gasteiger charge is 2.19. The van der Waals surface area contributed by atoms with Crippen LogP contribution in [0.4, 0.5) is 0 Å². The quantitative estimate of drug-likeness (QED) is 0.0262. The van der Waals surface area contributed by atoms with Crippen molar-refractivity contribution in [3.63, 3.8) is 0 Å². The maximum Gasteiger partial charge on any atom is 0.306 e. The average molecular weight is 926 g/mol. The minimum Gasteiger partial charge on any atom is -0.462 e. The highest BCUT2D eigenvalue weighted by atomic mass is 16.6. The van der Waals surface area contributed by atoms with Crippen LogP contribution >= 0.6 is 0 Å². The van der Waals surface area contributed by atoms with Gasteiger partial charge in [-0.05, 0) is 77.0 Å². The fraction of sp³-hybridized carbons (Fsp3) is 0.817. The van der Waals surface area contributed by atoms with Crippen molar-refractivity contribution in [3.8, 4) is 0 Å². The third kappa shape index (κ3) is 52.3. The van der Waals surface area contributed by atoms with Crippen LogP contribution in [0.5, 0.6) is 0 Å². The zero-order valence-electron chi connectivity index (χ0n) is 44.0. The zero-order valence-corrected chi connectivity index (χ0v) is 44.0. The van der Waals surface area contributed by atoms with E-state index in [1.54, 1.807) is 0 Å². The molecule has 0 aromatic rings. The molecule has 0 aromatic heterocycles. The molecule has 0 radical (unpaired) electrons. The number of unbranched alkanes of at least 4 members (excludes halogenated alkanes) is 33. The predicted molar refractivity (Wildman–Crippen MR) is 284 cm³/mol. The van der Waals surface area contributed by atoms with E-state index in [0.29, 0.717) is 25.7 Å². The molecular weight excluding hydrogens is 817 g/mol. The van der Waals surface area contributed by atoms with E-state index in [1.807, 2.05) is 0 Å². The second-order valence-electron chi connectivity index (χ2n) is 19.2. The van der Waals surface area contributed by atoms with Crippen LogP contribution in [0.2, 0.25) is 0 Å². The summed E-state index contributed by atoms with van der Waals surface area (Å²) in [5.74, 6) is -0.931. The van der Waals surface area contributed by atoms with E-state index in [0.717, 1.165) is 57.8 Å². The molecule has 6 nitrogen and oxygen atoms in total. The largest absolute Gasteiger partial charge is 0.462 e. The van der Waals surface area contributed by atoms with Crippen molar-refractivity contribution in [1.29, 1.82) is 0 Å². The molecule has 384 valence electrons. The van der Waals surface area contributed by atoms with Gasteiger partial charge in [0.25, 0.3) is 0 Å². The fourth-order valence-electron chi connectivity index (χ4n) is 8.22. The van der Waals surface area contributed by atoms with E-state index in [2.05, 4.69) is 69.4 Å². The van der Waals surface area contributed by atoms with Crippen molar-refractivity contribution in [2.45, 2.75) is 303 Å². The molecule has 66 heavy (non-hydrogen) atoms. The molecule has 1 atom stereocenters. The van der Waals surface area contributed by atoms with Crippen LogP contribution in [-0.4, -0.2) is 37.2 Å². The molecular formula is C60H108O6. The van der Waals surface area contributed by atoms with Crippen LogP contribution in [0.25, 0.3) is 0 Å². The van der Waals surface area contributed by atoms with Gasteiger partial charge in [-0.25, -0.2) is 0 Å². The lowest BCUT2D eigenvalue weighted by Gasteiger charge is -2.18. The first-order chi connectivity index (χ1) is 32.5. The standard InChI is InChI=1S/C60H108O6/c1-4-7-10-13-16-19-22-25-27-29-30-32-34-36-39-42-45-48-51-54-60(63)66-57(55-64-58(61)52-49-46-43-40-37-24-21-18-15-12-9-6-3)56-65-59(62)53-50-47-44-41-38-35-33-31-28-26-23-20-17-14-11-8-5-2/h25-28,33,35,41,44,57H,4-24,29-32,34,36-40,42-43,45-56H2,1-3H3/b27-25-,28-26-,35-33-,44-41-/t57-/m0/s1. The number of allylic oxidation sites excluding steroid dienone is 8. The van der Waals surface area contributed by atoms with Crippen LogP contribution in [0.15, 0.2) is 48.6 Å². The number of hydrogen-bond donors (Lipinski definition) is 0. The molecule has 6 heteroatoms. The zero-order chi connectivity index (χ0) is 47.9. The van der Waals surface area contributed by atoms with E-state index in [-0.39, 0.29) is 31.1 Å². The average Bonchev–Trinajstić information content (AvgIpc) is 3.31. The molecule has 0 saturated carbocycles. The van der Waals surface area contributed by atoms with Gasteiger partial charge in [0.05, 0.1) is 0 Å². The molecule has 0 saturated heterocycles. The first-order valence-electron chi connectivity index (χ1n) is 28.6. The topological polar surface area (TPSA) is 78.9 Å². The maximum atomic E-state index is 12.8. The SMILES string of the molecule is CCCCCCCC/C=C\C/C=C\C/C=C\CCCC(=O)OC[C@H](COC(=O)CCCCCCCCCCCCCC)OC(=O)CCCCCCCCCCC/C=C\CCCCCCCC. The van der Waals surface area contributed by atoms with Gasteiger partial charge in [0, 0.05) is 19.3 Å². The minimum absolute atomic E-state index is 0.0865. The summed E-state index contributed by atoms with van der Waals surface area (Å²) in [5, 5.41) is 0. The first kappa shape index (κ1) is 63.4. The van der Waals surface area contributed by atoms with Gasteiger partial charge < -0.3 is 14.2 Å². The Bertz CT molecular complexity index is 1150.